The molecule has 0 bridgehead atoms. The van der Waals surface area contributed by atoms with E-state index >= 15 is 0 Å². The van der Waals surface area contributed by atoms with Crippen molar-refractivity contribution in [3.8, 4) is 0 Å². The van der Waals surface area contributed by atoms with Gasteiger partial charge in [-0.15, -0.1) is 0 Å². The predicted octanol–water partition coefficient (Wildman–Crippen LogP) is 3.22. The Morgan fingerprint density at radius 1 is 1.10 bits per heavy atom. The molecule has 20 heavy (non-hydrogen) atoms. The molecule has 3 rings (SSSR count). The molecule has 3 nitrogen and oxygen atoms in total. The van der Waals surface area contributed by atoms with Gasteiger partial charge in [0.05, 0.1) is 0 Å². The first-order valence-electron chi connectivity index (χ1n) is 7.67. The highest BCUT2D eigenvalue weighted by Gasteiger charge is 2.32. The van der Waals surface area contributed by atoms with Gasteiger partial charge in [0.2, 0.25) is 5.91 Å². The monoisotopic (exact) mass is 272 g/mol. The third kappa shape index (κ3) is 2.30. The van der Waals surface area contributed by atoms with E-state index in [9.17, 15) is 4.79 Å². The van der Waals surface area contributed by atoms with Crippen LogP contribution >= 0.6 is 0 Å². The van der Waals surface area contributed by atoms with Gasteiger partial charge in [-0.1, -0.05) is 26.8 Å². The van der Waals surface area contributed by atoms with Crippen LogP contribution < -0.4 is 9.80 Å². The Hall–Kier alpha value is -1.51. The average Bonchev–Trinajstić information content (AvgIpc) is 3.05. The number of hydrogen-bond acceptors (Lipinski definition) is 2. The molecular weight excluding hydrogens is 248 g/mol. The van der Waals surface area contributed by atoms with Crippen LogP contribution in [-0.2, 0) is 11.2 Å². The molecule has 2 aliphatic heterocycles. The highest BCUT2D eigenvalue weighted by molar-refractivity contribution is 5.99. The summed E-state index contributed by atoms with van der Waals surface area (Å²) in [5.74, 6) is 0.231. The molecule has 0 saturated carbocycles. The third-order valence-electron chi connectivity index (χ3n) is 4.32. The normalized spacial score (nSPS) is 18.6. The number of amides is 1. The van der Waals surface area contributed by atoms with Crippen molar-refractivity contribution in [1.82, 2.24) is 0 Å². The van der Waals surface area contributed by atoms with Crippen molar-refractivity contribution in [3.63, 3.8) is 0 Å². The maximum absolute atomic E-state index is 12.6. The zero-order valence-corrected chi connectivity index (χ0v) is 12.8. The second-order valence-corrected chi connectivity index (χ2v) is 6.96. The molecule has 1 fully saturated rings. The number of nitrogens with zero attached hydrogens (tertiary/aromatic N) is 2. The van der Waals surface area contributed by atoms with Crippen molar-refractivity contribution in [3.05, 3.63) is 23.8 Å². The Bertz CT molecular complexity index is 524. The highest BCUT2D eigenvalue weighted by Crippen LogP contribution is 2.35. The van der Waals surface area contributed by atoms with E-state index in [1.807, 2.05) is 25.7 Å². The van der Waals surface area contributed by atoms with Crippen molar-refractivity contribution in [2.24, 2.45) is 5.41 Å². The molecule has 3 heteroatoms. The van der Waals surface area contributed by atoms with Crippen LogP contribution in [0.5, 0.6) is 0 Å². The van der Waals surface area contributed by atoms with E-state index in [-0.39, 0.29) is 11.3 Å². The lowest BCUT2D eigenvalue weighted by atomic mass is 9.94. The quantitative estimate of drug-likeness (QED) is 0.783. The third-order valence-corrected chi connectivity index (χ3v) is 4.32. The molecule has 1 amide bonds. The van der Waals surface area contributed by atoms with Crippen LogP contribution in [0.25, 0.3) is 0 Å². The maximum atomic E-state index is 12.6. The summed E-state index contributed by atoms with van der Waals surface area (Å²) in [6, 6.07) is 6.64. The number of carbonyl (C=O) groups excluding carboxylic acids is 1. The van der Waals surface area contributed by atoms with Crippen molar-refractivity contribution in [2.45, 2.75) is 40.0 Å². The SMILES string of the molecule is CC(C)(C)C(=O)N1CCc2ccc(N3CCCC3)cc21. The van der Waals surface area contributed by atoms with Gasteiger partial charge in [0, 0.05) is 36.4 Å². The van der Waals surface area contributed by atoms with Gasteiger partial charge in [-0.3, -0.25) is 4.79 Å². The molecule has 2 aliphatic rings. The molecule has 1 aromatic rings. The van der Waals surface area contributed by atoms with E-state index in [2.05, 4.69) is 23.1 Å². The molecule has 0 spiro atoms. The van der Waals surface area contributed by atoms with Crippen LogP contribution in [0.2, 0.25) is 0 Å². The summed E-state index contributed by atoms with van der Waals surface area (Å²) in [6.45, 7) is 9.11. The fraction of sp³-hybridized carbons (Fsp3) is 0.588. The van der Waals surface area contributed by atoms with Gasteiger partial charge >= 0.3 is 0 Å². The van der Waals surface area contributed by atoms with E-state index in [0.717, 1.165) is 31.7 Å². The summed E-state index contributed by atoms with van der Waals surface area (Å²) in [6.07, 6.45) is 3.54. The van der Waals surface area contributed by atoms with Crippen LogP contribution in [0.3, 0.4) is 0 Å². The van der Waals surface area contributed by atoms with Gasteiger partial charge in [-0.2, -0.15) is 0 Å². The Morgan fingerprint density at radius 3 is 2.45 bits per heavy atom. The summed E-state index contributed by atoms with van der Waals surface area (Å²) in [4.78, 5) is 17.0. The fourth-order valence-corrected chi connectivity index (χ4v) is 3.16. The summed E-state index contributed by atoms with van der Waals surface area (Å²) >= 11 is 0. The Kier molecular flexibility index (Phi) is 3.23. The fourth-order valence-electron chi connectivity index (χ4n) is 3.16. The molecule has 1 saturated heterocycles. The summed E-state index contributed by atoms with van der Waals surface area (Å²) in [5, 5.41) is 0. The summed E-state index contributed by atoms with van der Waals surface area (Å²) in [7, 11) is 0. The average molecular weight is 272 g/mol. The number of rotatable bonds is 1. The lowest BCUT2D eigenvalue weighted by Gasteiger charge is -2.27. The molecule has 108 valence electrons. The molecule has 0 radical (unpaired) electrons. The number of benzene rings is 1. The standard InChI is InChI=1S/C17H24N2O/c1-17(2,3)16(20)19-11-8-13-6-7-14(12-15(13)19)18-9-4-5-10-18/h6-7,12H,4-5,8-11H2,1-3H3. The van der Waals surface area contributed by atoms with Gasteiger partial charge < -0.3 is 9.80 Å². The van der Waals surface area contributed by atoms with Gasteiger partial charge in [0.25, 0.3) is 0 Å². The molecule has 0 atom stereocenters. The Labute approximate surface area is 121 Å². The van der Waals surface area contributed by atoms with Crippen LogP contribution in [0.1, 0.15) is 39.2 Å². The summed E-state index contributed by atoms with van der Waals surface area (Å²) < 4.78 is 0. The first-order valence-corrected chi connectivity index (χ1v) is 7.67. The highest BCUT2D eigenvalue weighted by atomic mass is 16.2. The zero-order chi connectivity index (χ0) is 14.3. The Balaban J connectivity index is 1.91. The second-order valence-electron chi connectivity index (χ2n) is 6.96. The zero-order valence-electron chi connectivity index (χ0n) is 12.8. The number of hydrogen-bond donors (Lipinski definition) is 0. The van der Waals surface area contributed by atoms with Crippen molar-refractivity contribution in [1.29, 1.82) is 0 Å². The van der Waals surface area contributed by atoms with Gasteiger partial charge in [0.1, 0.15) is 0 Å². The van der Waals surface area contributed by atoms with E-state index in [4.69, 9.17) is 0 Å². The van der Waals surface area contributed by atoms with Crippen LogP contribution in [0.4, 0.5) is 11.4 Å². The van der Waals surface area contributed by atoms with Crippen LogP contribution in [0, 0.1) is 5.41 Å². The molecule has 0 aliphatic carbocycles. The van der Waals surface area contributed by atoms with E-state index in [1.165, 1.54) is 24.1 Å². The molecular formula is C17H24N2O. The molecule has 0 N–H and O–H groups in total. The van der Waals surface area contributed by atoms with Crippen molar-refractivity contribution >= 4 is 17.3 Å². The first-order chi connectivity index (χ1) is 9.47. The molecule has 0 aromatic heterocycles. The van der Waals surface area contributed by atoms with Crippen molar-refractivity contribution in [2.75, 3.05) is 29.4 Å². The van der Waals surface area contributed by atoms with E-state index in [1.54, 1.807) is 0 Å². The largest absolute Gasteiger partial charge is 0.371 e. The maximum Gasteiger partial charge on any atom is 0.232 e. The molecule has 2 heterocycles. The predicted molar refractivity (Wildman–Crippen MR) is 83.4 cm³/mol. The topological polar surface area (TPSA) is 23.6 Å². The first kappa shape index (κ1) is 13.5. The second kappa shape index (κ2) is 4.80. The van der Waals surface area contributed by atoms with E-state index < -0.39 is 0 Å². The smallest absolute Gasteiger partial charge is 0.232 e. The van der Waals surface area contributed by atoms with Gasteiger partial charge in [0.15, 0.2) is 0 Å². The minimum absolute atomic E-state index is 0.231. The van der Waals surface area contributed by atoms with Crippen molar-refractivity contribution < 1.29 is 4.79 Å². The van der Waals surface area contributed by atoms with Gasteiger partial charge in [-0.05, 0) is 37.0 Å². The Morgan fingerprint density at radius 2 is 1.80 bits per heavy atom. The minimum Gasteiger partial charge on any atom is -0.371 e. The number of fused-ring (bicyclic) bond motifs is 1. The molecule has 0 unspecified atom stereocenters. The number of anilines is 2. The number of carbonyl (C=O) groups is 1. The van der Waals surface area contributed by atoms with Gasteiger partial charge in [-0.25, -0.2) is 0 Å². The van der Waals surface area contributed by atoms with Crippen LogP contribution in [-0.4, -0.2) is 25.5 Å². The van der Waals surface area contributed by atoms with E-state index in [0.29, 0.717) is 0 Å². The summed E-state index contributed by atoms with van der Waals surface area (Å²) in [5.41, 5.74) is 3.40. The molecule has 1 aromatic carbocycles. The minimum atomic E-state index is -0.314. The van der Waals surface area contributed by atoms with Crippen LogP contribution in [0.15, 0.2) is 18.2 Å². The lowest BCUT2D eigenvalue weighted by molar-refractivity contribution is -0.125. The lowest BCUT2D eigenvalue weighted by Crippen LogP contribution is -2.38.